The highest BCUT2D eigenvalue weighted by Crippen LogP contribution is 2.36. The lowest BCUT2D eigenvalue weighted by molar-refractivity contribution is 0.0948. The maximum Gasteiger partial charge on any atom is 0.270 e. The Bertz CT molecular complexity index is 1350. The molecule has 0 bridgehead atoms. The molecular weight excluding hydrogens is 498 g/mol. The van der Waals surface area contributed by atoms with Crippen molar-refractivity contribution in [2.45, 2.75) is 20.3 Å². The number of benzene rings is 2. The van der Waals surface area contributed by atoms with Crippen molar-refractivity contribution in [1.82, 2.24) is 19.9 Å². The molecule has 9 heteroatoms. The Morgan fingerprint density at radius 2 is 1.97 bits per heavy atom. The highest BCUT2D eigenvalue weighted by molar-refractivity contribution is 9.10. The number of hydrogen-bond donors (Lipinski definition) is 2. The van der Waals surface area contributed by atoms with Gasteiger partial charge in [-0.2, -0.15) is 0 Å². The number of amides is 1. The van der Waals surface area contributed by atoms with Gasteiger partial charge in [-0.15, -0.1) is 0 Å². The molecule has 0 unspecified atom stereocenters. The molecule has 176 valence electrons. The van der Waals surface area contributed by atoms with E-state index in [0.29, 0.717) is 35.4 Å². The zero-order chi connectivity index (χ0) is 24.2. The minimum Gasteiger partial charge on any atom is -0.493 e. The molecule has 8 nitrogen and oxygen atoms in total. The highest BCUT2D eigenvalue weighted by atomic mass is 79.9. The SMILES string of the molecule is CCCNC(=O)c1cc(Oc2cc3nc(Nc4ccc(Br)c(C)c4)n(C)c3cc2OC)ccn1. The molecule has 0 aliphatic heterocycles. The summed E-state index contributed by atoms with van der Waals surface area (Å²) >= 11 is 3.53. The summed E-state index contributed by atoms with van der Waals surface area (Å²) in [5.74, 6) is 1.97. The maximum atomic E-state index is 12.3. The number of imidazole rings is 1. The summed E-state index contributed by atoms with van der Waals surface area (Å²) in [4.78, 5) is 21.1. The van der Waals surface area contributed by atoms with E-state index in [1.807, 2.05) is 49.7 Å². The number of halogens is 1. The van der Waals surface area contributed by atoms with Gasteiger partial charge in [0.15, 0.2) is 11.5 Å². The summed E-state index contributed by atoms with van der Waals surface area (Å²) in [5.41, 5.74) is 3.98. The van der Waals surface area contributed by atoms with E-state index in [4.69, 9.17) is 14.5 Å². The van der Waals surface area contributed by atoms with Crippen molar-refractivity contribution < 1.29 is 14.3 Å². The summed E-state index contributed by atoms with van der Waals surface area (Å²) in [6.45, 7) is 4.62. The van der Waals surface area contributed by atoms with E-state index in [1.165, 1.54) is 0 Å². The number of nitrogens with zero attached hydrogens (tertiary/aromatic N) is 3. The molecule has 2 aromatic heterocycles. The average molecular weight is 524 g/mol. The number of hydrogen-bond acceptors (Lipinski definition) is 6. The van der Waals surface area contributed by atoms with Gasteiger partial charge in [0.25, 0.3) is 5.91 Å². The van der Waals surface area contributed by atoms with Gasteiger partial charge in [-0.1, -0.05) is 22.9 Å². The molecule has 0 saturated carbocycles. The molecule has 34 heavy (non-hydrogen) atoms. The maximum absolute atomic E-state index is 12.3. The van der Waals surface area contributed by atoms with Gasteiger partial charge < -0.3 is 24.7 Å². The smallest absolute Gasteiger partial charge is 0.270 e. The van der Waals surface area contributed by atoms with Crippen LogP contribution in [0.1, 0.15) is 29.4 Å². The number of fused-ring (bicyclic) bond motifs is 1. The number of pyridine rings is 1. The molecule has 1 amide bonds. The average Bonchev–Trinajstić information content (AvgIpc) is 3.13. The van der Waals surface area contributed by atoms with Crippen molar-refractivity contribution in [3.05, 3.63) is 64.4 Å². The van der Waals surface area contributed by atoms with Gasteiger partial charge >= 0.3 is 0 Å². The molecule has 2 aromatic carbocycles. The van der Waals surface area contributed by atoms with Gasteiger partial charge in [-0.05, 0) is 43.2 Å². The second-order valence-corrected chi connectivity index (χ2v) is 8.66. The van der Waals surface area contributed by atoms with Crippen molar-refractivity contribution in [2.75, 3.05) is 19.0 Å². The summed E-state index contributed by atoms with van der Waals surface area (Å²) in [6.07, 6.45) is 2.39. The number of anilines is 2. The number of aryl methyl sites for hydroxylation is 2. The molecule has 0 spiro atoms. The second kappa shape index (κ2) is 10.1. The third-order valence-electron chi connectivity index (χ3n) is 5.31. The minimum absolute atomic E-state index is 0.238. The van der Waals surface area contributed by atoms with Gasteiger partial charge in [0, 0.05) is 48.1 Å². The third-order valence-corrected chi connectivity index (χ3v) is 6.20. The standard InChI is InChI=1S/C25H26BrN5O3/c1-5-9-28-24(32)20-12-17(8-10-27-20)34-23-13-19-21(14-22(23)33-4)31(3)25(30-19)29-16-6-7-18(26)15(2)11-16/h6-8,10-14H,5,9H2,1-4H3,(H,28,32)(H,29,30). The second-order valence-electron chi connectivity index (χ2n) is 7.81. The Morgan fingerprint density at radius 1 is 1.15 bits per heavy atom. The van der Waals surface area contributed by atoms with E-state index in [0.717, 1.165) is 33.2 Å². The lowest BCUT2D eigenvalue weighted by atomic mass is 10.2. The molecule has 0 radical (unpaired) electrons. The monoisotopic (exact) mass is 523 g/mol. The Balaban J connectivity index is 1.64. The van der Waals surface area contributed by atoms with Gasteiger partial charge in [-0.3, -0.25) is 9.78 Å². The molecule has 4 aromatic rings. The van der Waals surface area contributed by atoms with Crippen LogP contribution in [0.4, 0.5) is 11.6 Å². The van der Waals surface area contributed by atoms with Crippen LogP contribution in [0.15, 0.2) is 53.1 Å². The fourth-order valence-electron chi connectivity index (χ4n) is 3.46. The zero-order valence-corrected chi connectivity index (χ0v) is 21.1. The molecule has 2 N–H and O–H groups in total. The van der Waals surface area contributed by atoms with E-state index in [2.05, 4.69) is 37.6 Å². The third kappa shape index (κ3) is 4.99. The summed E-state index contributed by atoms with van der Waals surface area (Å²) < 4.78 is 14.7. The van der Waals surface area contributed by atoms with Crippen LogP contribution < -0.4 is 20.1 Å². The molecule has 0 fully saturated rings. The first-order valence-electron chi connectivity index (χ1n) is 10.9. The van der Waals surface area contributed by atoms with Gasteiger partial charge in [0.2, 0.25) is 5.95 Å². The van der Waals surface area contributed by atoms with Crippen LogP contribution >= 0.6 is 15.9 Å². The first-order chi connectivity index (χ1) is 16.4. The number of rotatable bonds is 8. The number of carbonyl (C=O) groups excluding carboxylic acids is 1. The van der Waals surface area contributed by atoms with E-state index in [1.54, 1.807) is 25.4 Å². The Kier molecular flexibility index (Phi) is 7.02. The van der Waals surface area contributed by atoms with Crippen LogP contribution in [-0.4, -0.2) is 34.1 Å². The fraction of sp³-hybridized carbons (Fsp3) is 0.240. The summed E-state index contributed by atoms with van der Waals surface area (Å²) in [7, 11) is 3.53. The highest BCUT2D eigenvalue weighted by Gasteiger charge is 2.16. The predicted octanol–water partition coefficient (Wildman–Crippen LogP) is 5.72. The number of nitrogens with one attached hydrogen (secondary N) is 2. The molecule has 0 atom stereocenters. The molecule has 0 aliphatic rings. The van der Waals surface area contributed by atoms with Crippen molar-refractivity contribution in [1.29, 1.82) is 0 Å². The van der Waals surface area contributed by atoms with Crippen LogP contribution in [0.2, 0.25) is 0 Å². The fourth-order valence-corrected chi connectivity index (χ4v) is 3.70. The molecule has 4 rings (SSSR count). The van der Waals surface area contributed by atoms with E-state index in [-0.39, 0.29) is 5.91 Å². The van der Waals surface area contributed by atoms with Gasteiger partial charge in [-0.25, -0.2) is 4.98 Å². The van der Waals surface area contributed by atoms with Crippen LogP contribution in [0, 0.1) is 6.92 Å². The Morgan fingerprint density at radius 3 is 2.71 bits per heavy atom. The van der Waals surface area contributed by atoms with Crippen LogP contribution in [-0.2, 0) is 7.05 Å². The lowest BCUT2D eigenvalue weighted by Gasteiger charge is -2.11. The van der Waals surface area contributed by atoms with Gasteiger partial charge in [0.05, 0.1) is 18.1 Å². The van der Waals surface area contributed by atoms with Crippen molar-refractivity contribution in [3.63, 3.8) is 0 Å². The first-order valence-corrected chi connectivity index (χ1v) is 11.7. The zero-order valence-electron chi connectivity index (χ0n) is 19.5. The van der Waals surface area contributed by atoms with Crippen LogP contribution in [0.3, 0.4) is 0 Å². The number of aromatic nitrogens is 3. The van der Waals surface area contributed by atoms with Crippen LogP contribution in [0.5, 0.6) is 17.2 Å². The predicted molar refractivity (Wildman–Crippen MR) is 136 cm³/mol. The number of methoxy groups -OCH3 is 1. The van der Waals surface area contributed by atoms with E-state index >= 15 is 0 Å². The lowest BCUT2D eigenvalue weighted by Crippen LogP contribution is -2.24. The number of carbonyl (C=O) groups is 1. The largest absolute Gasteiger partial charge is 0.493 e. The minimum atomic E-state index is -0.238. The quantitative estimate of drug-likeness (QED) is 0.306. The van der Waals surface area contributed by atoms with E-state index in [9.17, 15) is 4.79 Å². The molecular formula is C25H26BrN5O3. The summed E-state index contributed by atoms with van der Waals surface area (Å²) in [6, 6.07) is 13.0. The van der Waals surface area contributed by atoms with Crippen molar-refractivity contribution in [3.8, 4) is 17.2 Å². The van der Waals surface area contributed by atoms with Crippen molar-refractivity contribution in [2.24, 2.45) is 7.05 Å². The summed E-state index contributed by atoms with van der Waals surface area (Å²) in [5, 5.41) is 6.19. The van der Waals surface area contributed by atoms with Crippen molar-refractivity contribution >= 4 is 44.5 Å². The Hall–Kier alpha value is -3.59. The molecule has 0 saturated heterocycles. The normalized spacial score (nSPS) is 10.9. The number of ether oxygens (including phenoxy) is 2. The van der Waals surface area contributed by atoms with Crippen LogP contribution in [0.25, 0.3) is 11.0 Å². The molecule has 0 aliphatic carbocycles. The Labute approximate surface area is 206 Å². The van der Waals surface area contributed by atoms with Gasteiger partial charge in [0.1, 0.15) is 11.4 Å². The first kappa shape index (κ1) is 23.6. The van der Waals surface area contributed by atoms with E-state index < -0.39 is 0 Å². The molecule has 2 heterocycles. The topological polar surface area (TPSA) is 90.3 Å².